The molecule has 2 N–H and O–H groups in total. The van der Waals surface area contributed by atoms with Gasteiger partial charge in [0, 0.05) is 38.1 Å². The Labute approximate surface area is 176 Å². The topological polar surface area (TPSA) is 112 Å². The van der Waals surface area contributed by atoms with E-state index in [4.69, 9.17) is 5.11 Å². The number of anilines is 1. The number of pyridine rings is 1. The zero-order valence-electron chi connectivity index (χ0n) is 16.0. The van der Waals surface area contributed by atoms with Crippen molar-refractivity contribution in [2.24, 2.45) is 0 Å². The Kier molecular flexibility index (Phi) is 6.67. The summed E-state index contributed by atoms with van der Waals surface area (Å²) in [6, 6.07) is 6.59. The minimum absolute atomic E-state index is 0.0226. The van der Waals surface area contributed by atoms with Gasteiger partial charge in [0.25, 0.3) is 0 Å². The molecule has 3 rings (SSSR count). The second-order valence-electron chi connectivity index (χ2n) is 6.53. The Bertz CT molecular complexity index is 1020. The average molecular weight is 460 g/mol. The second-order valence-corrected chi connectivity index (χ2v) is 8.47. The maximum Gasteiger partial charge on any atom is 0.573 e. The minimum Gasteiger partial charge on any atom is -0.406 e. The molecule has 31 heavy (non-hydrogen) atoms. The number of rotatable bonds is 5. The molecule has 0 aliphatic carbocycles. The van der Waals surface area contributed by atoms with Crippen molar-refractivity contribution in [3.63, 3.8) is 0 Å². The Balaban J connectivity index is 1.59. The normalized spacial score (nSPS) is 15.5. The zero-order valence-corrected chi connectivity index (χ0v) is 16.9. The molecule has 0 saturated carbocycles. The Morgan fingerprint density at radius 1 is 1.13 bits per heavy atom. The number of sulfonamides is 1. The molecule has 1 aromatic carbocycles. The van der Waals surface area contributed by atoms with Gasteiger partial charge in [-0.3, -0.25) is 4.98 Å². The van der Waals surface area contributed by atoms with Crippen molar-refractivity contribution >= 4 is 21.7 Å². The quantitative estimate of drug-likeness (QED) is 0.706. The van der Waals surface area contributed by atoms with Crippen LogP contribution in [0.3, 0.4) is 0 Å². The Morgan fingerprint density at radius 2 is 1.77 bits per heavy atom. The highest BCUT2D eigenvalue weighted by molar-refractivity contribution is 7.89. The van der Waals surface area contributed by atoms with E-state index < -0.39 is 28.2 Å². The van der Waals surface area contributed by atoms with Crippen LogP contribution in [-0.2, 0) is 16.6 Å². The first-order valence-corrected chi connectivity index (χ1v) is 10.5. The van der Waals surface area contributed by atoms with Crippen molar-refractivity contribution in [1.82, 2.24) is 14.2 Å². The second kappa shape index (κ2) is 9.08. The number of nitrogens with one attached hydrogen (secondary N) is 1. The molecule has 0 spiro atoms. The number of halogens is 3. The smallest absolute Gasteiger partial charge is 0.406 e. The van der Waals surface area contributed by atoms with Crippen molar-refractivity contribution in [3.05, 3.63) is 48.3 Å². The monoisotopic (exact) mass is 460 g/mol. The van der Waals surface area contributed by atoms with Gasteiger partial charge in [0.2, 0.25) is 10.0 Å². The van der Waals surface area contributed by atoms with Crippen LogP contribution in [0.15, 0.2) is 47.5 Å². The van der Waals surface area contributed by atoms with Gasteiger partial charge in [-0.15, -0.1) is 13.2 Å². The largest absolute Gasteiger partial charge is 0.573 e. The molecular weight excluding hydrogens is 441 g/mol. The van der Waals surface area contributed by atoms with E-state index in [-0.39, 0.29) is 37.7 Å². The van der Waals surface area contributed by atoms with E-state index in [2.05, 4.69) is 15.0 Å². The lowest BCUT2D eigenvalue weighted by Crippen LogP contribution is -2.51. The van der Waals surface area contributed by atoms with Gasteiger partial charge in [0.05, 0.1) is 17.2 Å². The number of piperazine rings is 1. The molecule has 2 amide bonds. The highest BCUT2D eigenvalue weighted by Gasteiger charge is 2.32. The molecule has 1 fully saturated rings. The fourth-order valence-electron chi connectivity index (χ4n) is 2.94. The predicted molar refractivity (Wildman–Crippen MR) is 103 cm³/mol. The van der Waals surface area contributed by atoms with E-state index in [0.717, 1.165) is 28.6 Å². The number of hydrogen-bond acceptors (Lipinski definition) is 6. The number of carbonyl (C=O) groups is 1. The molecule has 2 aromatic rings. The van der Waals surface area contributed by atoms with Crippen LogP contribution in [0.25, 0.3) is 0 Å². The summed E-state index contributed by atoms with van der Waals surface area (Å²) in [6.45, 7) is 0.0175. The lowest BCUT2D eigenvalue weighted by Gasteiger charge is -2.34. The van der Waals surface area contributed by atoms with Crippen LogP contribution < -0.4 is 10.1 Å². The van der Waals surface area contributed by atoms with Crippen LogP contribution in [0.2, 0.25) is 0 Å². The lowest BCUT2D eigenvalue weighted by molar-refractivity contribution is -0.274. The average Bonchev–Trinajstić information content (AvgIpc) is 2.73. The van der Waals surface area contributed by atoms with E-state index >= 15 is 0 Å². The molecule has 0 unspecified atom stereocenters. The molecule has 9 nitrogen and oxygen atoms in total. The number of hydrogen-bond donors (Lipinski definition) is 2. The van der Waals surface area contributed by atoms with Gasteiger partial charge in [-0.2, -0.15) is 4.31 Å². The molecule has 1 aromatic heterocycles. The number of nitrogens with zero attached hydrogens (tertiary/aromatic N) is 3. The third-order valence-electron chi connectivity index (χ3n) is 4.45. The van der Waals surface area contributed by atoms with E-state index in [1.807, 2.05) is 0 Å². The van der Waals surface area contributed by atoms with Crippen molar-refractivity contribution in [2.45, 2.75) is 17.9 Å². The maximum absolute atomic E-state index is 12.7. The van der Waals surface area contributed by atoms with Crippen LogP contribution in [0, 0.1) is 0 Å². The molecule has 13 heteroatoms. The number of aromatic nitrogens is 1. The molecule has 1 aliphatic heterocycles. The highest BCUT2D eigenvalue weighted by atomic mass is 32.2. The summed E-state index contributed by atoms with van der Waals surface area (Å²) in [5, 5.41) is 11.8. The van der Waals surface area contributed by atoms with E-state index in [9.17, 15) is 26.4 Å². The van der Waals surface area contributed by atoms with E-state index in [1.54, 1.807) is 6.07 Å². The number of urea groups is 1. The summed E-state index contributed by atoms with van der Waals surface area (Å²) < 4.78 is 67.1. The zero-order chi connectivity index (χ0) is 22.6. The van der Waals surface area contributed by atoms with Gasteiger partial charge in [-0.05, 0) is 36.4 Å². The third-order valence-corrected chi connectivity index (χ3v) is 6.36. The van der Waals surface area contributed by atoms with Gasteiger partial charge in [0.1, 0.15) is 5.75 Å². The summed E-state index contributed by atoms with van der Waals surface area (Å²) in [4.78, 5) is 17.6. The van der Waals surface area contributed by atoms with Crippen molar-refractivity contribution in [2.75, 3.05) is 31.5 Å². The number of benzene rings is 1. The molecule has 1 aliphatic rings. The summed E-state index contributed by atoms with van der Waals surface area (Å²) in [5.41, 5.74) is 0.834. The molecule has 1 saturated heterocycles. The summed E-state index contributed by atoms with van der Waals surface area (Å²) in [5.74, 6) is -0.520. The summed E-state index contributed by atoms with van der Waals surface area (Å²) in [6.07, 6.45) is -3.43. The van der Waals surface area contributed by atoms with Gasteiger partial charge in [-0.25, -0.2) is 13.2 Å². The fourth-order valence-corrected chi connectivity index (χ4v) is 4.36. The van der Waals surface area contributed by atoms with Crippen LogP contribution >= 0.6 is 0 Å². The molecule has 0 bridgehead atoms. The first kappa shape index (κ1) is 22.8. The number of alkyl halides is 3. The van der Waals surface area contributed by atoms with Crippen LogP contribution in [0.5, 0.6) is 5.75 Å². The van der Waals surface area contributed by atoms with Crippen LogP contribution in [0.1, 0.15) is 5.69 Å². The van der Waals surface area contributed by atoms with Gasteiger partial charge in [-0.1, -0.05) is 0 Å². The maximum atomic E-state index is 12.7. The number of carbonyl (C=O) groups excluding carboxylic acids is 1. The van der Waals surface area contributed by atoms with Crippen molar-refractivity contribution < 1.29 is 36.2 Å². The Morgan fingerprint density at radius 3 is 2.35 bits per heavy atom. The lowest BCUT2D eigenvalue weighted by atomic mass is 10.3. The van der Waals surface area contributed by atoms with E-state index in [1.165, 1.54) is 17.2 Å². The number of aliphatic hydroxyl groups is 1. The summed E-state index contributed by atoms with van der Waals surface area (Å²) >= 11 is 0. The number of ether oxygens (including phenoxy) is 1. The molecule has 0 radical (unpaired) electrons. The molecule has 0 atom stereocenters. The molecule has 2 heterocycles. The molecule has 168 valence electrons. The predicted octanol–water partition coefficient (Wildman–Crippen LogP) is 2.01. The van der Waals surface area contributed by atoms with Gasteiger partial charge < -0.3 is 20.1 Å². The third kappa shape index (κ3) is 5.83. The summed E-state index contributed by atoms with van der Waals surface area (Å²) in [7, 11) is -3.94. The van der Waals surface area contributed by atoms with Gasteiger partial charge in [0.15, 0.2) is 0 Å². The van der Waals surface area contributed by atoms with Crippen LogP contribution in [0.4, 0.5) is 23.7 Å². The molecular formula is C18H19F3N4O5S. The Hall–Kier alpha value is -2.90. The van der Waals surface area contributed by atoms with Crippen molar-refractivity contribution in [3.8, 4) is 5.75 Å². The fraction of sp³-hybridized carbons (Fsp3) is 0.333. The van der Waals surface area contributed by atoms with Crippen molar-refractivity contribution in [1.29, 1.82) is 0 Å². The first-order valence-electron chi connectivity index (χ1n) is 9.06. The van der Waals surface area contributed by atoms with Crippen LogP contribution in [-0.4, -0.2) is 66.3 Å². The van der Waals surface area contributed by atoms with E-state index in [0.29, 0.717) is 11.4 Å². The highest BCUT2D eigenvalue weighted by Crippen LogP contribution is 2.25. The SMILES string of the molecule is O=C(Nc1ccnc(CO)c1)N1CCN(S(=O)(=O)c2ccc(OC(F)(F)F)cc2)CC1. The minimum atomic E-state index is -4.87. The number of amides is 2. The standard InChI is InChI=1S/C18H19F3N4O5S/c19-18(20,21)30-15-1-3-16(4-2-15)31(28,29)25-9-7-24(8-10-25)17(27)23-13-5-6-22-14(11-13)12-26/h1-6,11,26H,7-10,12H2,(H,22,23,27). The van der Waals surface area contributed by atoms with Gasteiger partial charge >= 0.3 is 12.4 Å². The number of aliphatic hydroxyl groups excluding tert-OH is 1. The first-order chi connectivity index (χ1) is 14.6.